The fraction of sp³-hybridized carbons (Fsp3) is 0.111. The van der Waals surface area contributed by atoms with Gasteiger partial charge in [-0.15, -0.1) is 0 Å². The van der Waals surface area contributed by atoms with Crippen molar-refractivity contribution in [3.05, 3.63) is 29.8 Å². The van der Waals surface area contributed by atoms with Gasteiger partial charge in [-0.25, -0.2) is 4.79 Å². The molecule has 3 nitrogen and oxygen atoms in total. The molecule has 0 atom stereocenters. The molecule has 1 aromatic carbocycles. The van der Waals surface area contributed by atoms with E-state index in [1.165, 1.54) is 0 Å². The zero-order valence-corrected chi connectivity index (χ0v) is 6.61. The molecule has 0 spiro atoms. The highest BCUT2D eigenvalue weighted by Crippen LogP contribution is 2.27. The average molecular weight is 162 g/mol. The fourth-order valence-corrected chi connectivity index (χ4v) is 1.47. The lowest BCUT2D eigenvalue weighted by atomic mass is 10.0. The molecule has 0 fully saturated rings. The molecule has 3 heteroatoms. The van der Waals surface area contributed by atoms with E-state index in [0.717, 1.165) is 11.3 Å². The minimum absolute atomic E-state index is 0.380. The van der Waals surface area contributed by atoms with Gasteiger partial charge in [-0.2, -0.15) is 4.58 Å². The van der Waals surface area contributed by atoms with Gasteiger partial charge in [0.25, 0.3) is 0 Å². The van der Waals surface area contributed by atoms with Crippen LogP contribution in [0.5, 0.6) is 0 Å². The van der Waals surface area contributed by atoms with Gasteiger partial charge in [0, 0.05) is 6.07 Å². The van der Waals surface area contributed by atoms with E-state index in [9.17, 15) is 4.79 Å². The number of fused-ring (bicyclic) bond motifs is 1. The predicted molar refractivity (Wildman–Crippen MR) is 44.0 cm³/mol. The quantitative estimate of drug-likeness (QED) is 0.622. The predicted octanol–water partition coefficient (Wildman–Crippen LogP) is 0.848. The Morgan fingerprint density at radius 3 is 2.75 bits per heavy atom. The number of hydrogen-bond donors (Lipinski definition) is 1. The Balaban J connectivity index is 2.56. The molecule has 12 heavy (non-hydrogen) atoms. The van der Waals surface area contributed by atoms with Crippen LogP contribution >= 0.6 is 0 Å². The van der Waals surface area contributed by atoms with Crippen LogP contribution < -0.4 is 0 Å². The smallest absolute Gasteiger partial charge is 0.402 e. The molecule has 60 valence electrons. The fourth-order valence-electron chi connectivity index (χ4n) is 1.47. The van der Waals surface area contributed by atoms with E-state index in [1.807, 2.05) is 24.3 Å². The Labute approximate surface area is 69.6 Å². The van der Waals surface area contributed by atoms with E-state index in [-0.39, 0.29) is 0 Å². The zero-order chi connectivity index (χ0) is 8.72. The maximum Gasteiger partial charge on any atom is 0.402 e. The van der Waals surface area contributed by atoms with Gasteiger partial charge < -0.3 is 5.11 Å². The molecule has 0 bridgehead atoms. The van der Waals surface area contributed by atoms with Gasteiger partial charge in [0.1, 0.15) is 12.6 Å². The summed E-state index contributed by atoms with van der Waals surface area (Å²) >= 11 is 0. The van der Waals surface area contributed by atoms with Gasteiger partial charge in [-0.05, 0) is 6.07 Å². The molecule has 0 radical (unpaired) electrons. The molecule has 0 amide bonds. The monoisotopic (exact) mass is 162 g/mol. The Hall–Kier alpha value is -1.64. The van der Waals surface area contributed by atoms with E-state index in [0.29, 0.717) is 5.71 Å². The lowest BCUT2D eigenvalue weighted by Gasteiger charge is -2.12. The van der Waals surface area contributed by atoms with Crippen LogP contribution in [0.2, 0.25) is 0 Å². The van der Waals surface area contributed by atoms with Crippen molar-refractivity contribution in [2.45, 2.75) is 0 Å². The van der Waals surface area contributed by atoms with Crippen molar-refractivity contribution in [2.24, 2.45) is 0 Å². The molecule has 1 aromatic rings. The molecular weight excluding hydrogens is 154 g/mol. The molecular formula is C9H8NO2+. The van der Waals surface area contributed by atoms with Crippen molar-refractivity contribution < 1.29 is 14.5 Å². The molecule has 1 N–H and O–H groups in total. The molecule has 0 aliphatic carbocycles. The molecule has 0 saturated carbocycles. The van der Waals surface area contributed by atoms with Crippen molar-refractivity contribution >= 4 is 17.4 Å². The van der Waals surface area contributed by atoms with Crippen LogP contribution in [0, 0.1) is 0 Å². The van der Waals surface area contributed by atoms with E-state index in [2.05, 4.69) is 0 Å². The number of rotatable bonds is 1. The Morgan fingerprint density at radius 1 is 1.42 bits per heavy atom. The van der Waals surface area contributed by atoms with Gasteiger partial charge in [-0.1, -0.05) is 12.1 Å². The van der Waals surface area contributed by atoms with Gasteiger partial charge in [0.2, 0.25) is 5.69 Å². The molecule has 0 saturated heterocycles. The number of hydrogen-bond acceptors (Lipinski definition) is 1. The minimum Gasteiger partial charge on any atom is -0.473 e. The molecule has 1 aliphatic rings. The third kappa shape index (κ3) is 0.704. The minimum atomic E-state index is -0.865. The number of carbonyl (C=O) groups is 1. The standard InChI is InChI=1S/C9H7NO2/c1-10-7-5-3-2-4-6(7)8(10)9(11)12/h2-5H,1H3/p+1. The van der Waals surface area contributed by atoms with Gasteiger partial charge in [0.05, 0.1) is 0 Å². The van der Waals surface area contributed by atoms with Crippen LogP contribution in [0.25, 0.3) is 0 Å². The van der Waals surface area contributed by atoms with Crippen molar-refractivity contribution in [1.82, 2.24) is 0 Å². The summed E-state index contributed by atoms with van der Waals surface area (Å²) in [6.45, 7) is 0. The van der Waals surface area contributed by atoms with Gasteiger partial charge in [-0.3, -0.25) is 0 Å². The molecule has 1 heterocycles. The number of para-hydroxylation sites is 1. The summed E-state index contributed by atoms with van der Waals surface area (Å²) in [6.07, 6.45) is 0. The van der Waals surface area contributed by atoms with Crippen LogP contribution in [0.1, 0.15) is 5.56 Å². The Morgan fingerprint density at radius 2 is 2.08 bits per heavy atom. The van der Waals surface area contributed by atoms with Crippen molar-refractivity contribution in [3.8, 4) is 0 Å². The van der Waals surface area contributed by atoms with Crippen LogP contribution in [0.3, 0.4) is 0 Å². The van der Waals surface area contributed by atoms with Crippen molar-refractivity contribution in [2.75, 3.05) is 7.05 Å². The lowest BCUT2D eigenvalue weighted by Crippen LogP contribution is -2.32. The third-order valence-electron chi connectivity index (χ3n) is 2.06. The third-order valence-corrected chi connectivity index (χ3v) is 2.06. The molecule has 1 aliphatic heterocycles. The maximum atomic E-state index is 10.7. The Bertz CT molecular complexity index is 393. The topological polar surface area (TPSA) is 40.3 Å². The first-order valence-corrected chi connectivity index (χ1v) is 3.65. The van der Waals surface area contributed by atoms with Gasteiger partial charge in [0.15, 0.2) is 0 Å². The second-order valence-electron chi connectivity index (χ2n) is 2.73. The van der Waals surface area contributed by atoms with Gasteiger partial charge >= 0.3 is 11.7 Å². The number of carboxylic acids is 1. The summed E-state index contributed by atoms with van der Waals surface area (Å²) in [7, 11) is 1.76. The number of carboxylic acid groups (broad SMARTS) is 1. The Kier molecular flexibility index (Phi) is 1.27. The van der Waals surface area contributed by atoms with Crippen molar-refractivity contribution in [3.63, 3.8) is 0 Å². The lowest BCUT2D eigenvalue weighted by molar-refractivity contribution is -0.417. The number of benzene rings is 1. The average Bonchev–Trinajstić information content (AvgIpc) is 2.03. The molecule has 0 aromatic heterocycles. The summed E-state index contributed by atoms with van der Waals surface area (Å²) < 4.78 is 1.68. The van der Waals surface area contributed by atoms with E-state index >= 15 is 0 Å². The van der Waals surface area contributed by atoms with E-state index in [1.54, 1.807) is 11.6 Å². The van der Waals surface area contributed by atoms with E-state index < -0.39 is 5.97 Å². The second-order valence-corrected chi connectivity index (χ2v) is 2.73. The highest BCUT2D eigenvalue weighted by molar-refractivity contribution is 6.43. The van der Waals surface area contributed by atoms with Crippen LogP contribution in [-0.4, -0.2) is 28.4 Å². The summed E-state index contributed by atoms with van der Waals surface area (Å²) in [6, 6.07) is 7.46. The highest BCUT2D eigenvalue weighted by atomic mass is 16.4. The first-order valence-electron chi connectivity index (χ1n) is 3.65. The number of aliphatic carboxylic acids is 1. The van der Waals surface area contributed by atoms with Crippen LogP contribution in [-0.2, 0) is 4.79 Å². The van der Waals surface area contributed by atoms with E-state index in [4.69, 9.17) is 5.11 Å². The summed E-state index contributed by atoms with van der Waals surface area (Å²) in [5.74, 6) is -0.865. The maximum absolute atomic E-state index is 10.7. The summed E-state index contributed by atoms with van der Waals surface area (Å²) in [4.78, 5) is 10.7. The first kappa shape index (κ1) is 7.03. The summed E-state index contributed by atoms with van der Waals surface area (Å²) in [5, 5.41) is 8.77. The molecule has 2 rings (SSSR count). The number of nitrogens with zero attached hydrogens (tertiary/aromatic N) is 1. The van der Waals surface area contributed by atoms with Crippen LogP contribution in [0.15, 0.2) is 24.3 Å². The van der Waals surface area contributed by atoms with Crippen molar-refractivity contribution in [1.29, 1.82) is 0 Å². The normalized spacial score (nSPS) is 13.8. The highest BCUT2D eigenvalue weighted by Gasteiger charge is 2.37. The summed E-state index contributed by atoms with van der Waals surface area (Å²) in [5.41, 5.74) is 2.19. The van der Waals surface area contributed by atoms with Crippen LogP contribution in [0.4, 0.5) is 5.69 Å². The SMILES string of the molecule is C[N+]1=C(C(=O)O)c2ccccc21. The molecule has 0 unspecified atom stereocenters. The zero-order valence-electron chi connectivity index (χ0n) is 6.61. The second kappa shape index (κ2) is 2.17. The first-order chi connectivity index (χ1) is 5.72. The largest absolute Gasteiger partial charge is 0.473 e.